The lowest BCUT2D eigenvalue weighted by atomic mass is 9.78. The number of hydrogen-bond acceptors (Lipinski definition) is 3. The van der Waals surface area contributed by atoms with Gasteiger partial charge in [-0.1, -0.05) is 19.9 Å². The first-order valence-corrected chi connectivity index (χ1v) is 7.13. The van der Waals surface area contributed by atoms with E-state index >= 15 is 0 Å². The van der Waals surface area contributed by atoms with E-state index in [1.54, 1.807) is 7.11 Å². The van der Waals surface area contributed by atoms with E-state index in [9.17, 15) is 0 Å². The summed E-state index contributed by atoms with van der Waals surface area (Å²) in [6, 6.07) is 4.41. The quantitative estimate of drug-likeness (QED) is 0.901. The largest absolute Gasteiger partial charge is 0.379 e. The molecule has 0 fully saturated rings. The summed E-state index contributed by atoms with van der Waals surface area (Å²) in [6.45, 7) is 9.78. The second-order valence-corrected chi connectivity index (χ2v) is 6.76. The molecule has 106 valence electrons. The maximum atomic E-state index is 5.56. The number of nitrogens with one attached hydrogen (secondary N) is 1. The molecule has 1 aliphatic heterocycles. The highest BCUT2D eigenvalue weighted by Crippen LogP contribution is 2.34. The third-order valence-electron chi connectivity index (χ3n) is 4.01. The second-order valence-electron chi connectivity index (χ2n) is 6.76. The predicted octanol–water partition coefficient (Wildman–Crippen LogP) is 3.53. The zero-order valence-corrected chi connectivity index (χ0v) is 12.8. The van der Waals surface area contributed by atoms with E-state index in [0.717, 1.165) is 30.9 Å². The van der Waals surface area contributed by atoms with Gasteiger partial charge in [-0.15, -0.1) is 0 Å². The minimum Gasteiger partial charge on any atom is -0.379 e. The lowest BCUT2D eigenvalue weighted by Crippen LogP contribution is -2.34. The fourth-order valence-electron chi connectivity index (χ4n) is 2.93. The molecule has 0 aromatic carbocycles. The van der Waals surface area contributed by atoms with E-state index in [1.807, 2.05) is 0 Å². The molecule has 0 amide bonds. The van der Waals surface area contributed by atoms with E-state index in [0.29, 0.717) is 0 Å². The van der Waals surface area contributed by atoms with Gasteiger partial charge in [-0.2, -0.15) is 0 Å². The molecule has 0 saturated heterocycles. The molecule has 2 heterocycles. The summed E-state index contributed by atoms with van der Waals surface area (Å²) in [6.07, 6.45) is 3.29. The average molecular weight is 262 g/mol. The number of methoxy groups -OCH3 is 1. The van der Waals surface area contributed by atoms with Crippen molar-refractivity contribution in [2.45, 2.75) is 58.0 Å². The molecule has 0 bridgehead atoms. The third-order valence-corrected chi connectivity index (χ3v) is 4.01. The molecule has 3 nitrogen and oxygen atoms in total. The number of anilines is 1. The van der Waals surface area contributed by atoms with Crippen LogP contribution in [0, 0.1) is 0 Å². The van der Waals surface area contributed by atoms with Crippen molar-refractivity contribution in [2.75, 3.05) is 19.0 Å². The van der Waals surface area contributed by atoms with E-state index in [2.05, 4.69) is 45.1 Å². The smallest absolute Gasteiger partial charge is 0.129 e. The first kappa shape index (κ1) is 14.3. The van der Waals surface area contributed by atoms with Gasteiger partial charge in [0.1, 0.15) is 5.82 Å². The number of pyridine rings is 1. The molecule has 0 atom stereocenters. The van der Waals surface area contributed by atoms with Crippen molar-refractivity contribution in [2.24, 2.45) is 0 Å². The average Bonchev–Trinajstić information content (AvgIpc) is 2.37. The molecule has 2 rings (SSSR count). The third kappa shape index (κ3) is 3.27. The van der Waals surface area contributed by atoms with Crippen molar-refractivity contribution in [1.29, 1.82) is 0 Å². The monoisotopic (exact) mass is 262 g/mol. The molecular weight excluding hydrogens is 236 g/mol. The molecule has 0 saturated carbocycles. The van der Waals surface area contributed by atoms with Gasteiger partial charge in [0.2, 0.25) is 0 Å². The zero-order valence-electron chi connectivity index (χ0n) is 12.8. The van der Waals surface area contributed by atoms with Crippen LogP contribution in [0.4, 0.5) is 5.82 Å². The zero-order chi connectivity index (χ0) is 14.1. The Hall–Kier alpha value is -1.09. The summed E-state index contributed by atoms with van der Waals surface area (Å²) >= 11 is 0. The Bertz CT molecular complexity index is 452. The summed E-state index contributed by atoms with van der Waals surface area (Å²) in [4.78, 5) is 4.84. The van der Waals surface area contributed by atoms with Crippen LogP contribution in [0.2, 0.25) is 0 Å². The van der Waals surface area contributed by atoms with Crippen LogP contribution in [0.1, 0.15) is 51.8 Å². The molecule has 19 heavy (non-hydrogen) atoms. The summed E-state index contributed by atoms with van der Waals surface area (Å²) in [7, 11) is 1.78. The van der Waals surface area contributed by atoms with Gasteiger partial charge >= 0.3 is 0 Å². The molecule has 1 aromatic heterocycles. The highest BCUT2D eigenvalue weighted by Gasteiger charge is 2.31. The van der Waals surface area contributed by atoms with Gasteiger partial charge in [0.25, 0.3) is 0 Å². The minimum atomic E-state index is -0.130. The molecular formula is C16H26N2O. The summed E-state index contributed by atoms with van der Waals surface area (Å²) in [5, 5.41) is 3.41. The summed E-state index contributed by atoms with van der Waals surface area (Å²) in [5.41, 5.74) is 2.37. The highest BCUT2D eigenvalue weighted by atomic mass is 16.5. The standard InChI is InChI=1S/C16H26N2O/c1-15(2,11-16(3,4)19-5)13-9-8-12-7-6-10-17-14(12)18-13/h8-9H,6-7,10-11H2,1-5H3,(H,17,18). The maximum absolute atomic E-state index is 5.56. The van der Waals surface area contributed by atoms with Crippen molar-refractivity contribution in [3.8, 4) is 0 Å². The SMILES string of the molecule is COC(C)(C)CC(C)(C)c1ccc2c(n1)NCCC2. The van der Waals surface area contributed by atoms with Crippen molar-refractivity contribution < 1.29 is 4.74 Å². The van der Waals surface area contributed by atoms with Crippen LogP contribution in [-0.2, 0) is 16.6 Å². The van der Waals surface area contributed by atoms with Gasteiger partial charge in [0.15, 0.2) is 0 Å². The number of fused-ring (bicyclic) bond motifs is 1. The number of rotatable bonds is 4. The molecule has 3 heteroatoms. The summed E-state index contributed by atoms with van der Waals surface area (Å²) in [5.74, 6) is 1.08. The topological polar surface area (TPSA) is 34.1 Å². The first-order valence-electron chi connectivity index (χ1n) is 7.13. The van der Waals surface area contributed by atoms with Crippen LogP contribution < -0.4 is 5.32 Å². The van der Waals surface area contributed by atoms with Gasteiger partial charge in [-0.25, -0.2) is 4.98 Å². The molecule has 0 radical (unpaired) electrons. The lowest BCUT2D eigenvalue weighted by Gasteiger charge is -2.34. The van der Waals surface area contributed by atoms with Crippen molar-refractivity contribution in [3.63, 3.8) is 0 Å². The van der Waals surface area contributed by atoms with Gasteiger partial charge in [-0.3, -0.25) is 0 Å². The molecule has 1 aromatic rings. The lowest BCUT2D eigenvalue weighted by molar-refractivity contribution is -0.000369. The fourth-order valence-corrected chi connectivity index (χ4v) is 2.93. The van der Waals surface area contributed by atoms with Crippen LogP contribution in [0.5, 0.6) is 0 Å². The summed E-state index contributed by atoms with van der Waals surface area (Å²) < 4.78 is 5.56. The molecule has 1 N–H and O–H groups in total. The van der Waals surface area contributed by atoms with Crippen LogP contribution in [0.3, 0.4) is 0 Å². The molecule has 1 aliphatic rings. The Balaban J connectivity index is 2.25. The van der Waals surface area contributed by atoms with Gasteiger partial charge in [0.05, 0.1) is 5.60 Å². The number of aryl methyl sites for hydroxylation is 1. The van der Waals surface area contributed by atoms with Crippen LogP contribution >= 0.6 is 0 Å². The van der Waals surface area contributed by atoms with Crippen molar-refractivity contribution >= 4 is 5.82 Å². The maximum Gasteiger partial charge on any atom is 0.129 e. The molecule has 0 spiro atoms. The van der Waals surface area contributed by atoms with Crippen LogP contribution in [0.15, 0.2) is 12.1 Å². The van der Waals surface area contributed by atoms with Gasteiger partial charge < -0.3 is 10.1 Å². The first-order chi connectivity index (χ1) is 8.84. The second kappa shape index (κ2) is 5.12. The highest BCUT2D eigenvalue weighted by molar-refractivity contribution is 5.47. The van der Waals surface area contributed by atoms with E-state index in [-0.39, 0.29) is 11.0 Å². The minimum absolute atomic E-state index is 0.00761. The van der Waals surface area contributed by atoms with E-state index in [4.69, 9.17) is 9.72 Å². The van der Waals surface area contributed by atoms with Crippen LogP contribution in [0.25, 0.3) is 0 Å². The fraction of sp³-hybridized carbons (Fsp3) is 0.688. The number of aromatic nitrogens is 1. The number of ether oxygens (including phenoxy) is 1. The Kier molecular flexibility index (Phi) is 3.86. The van der Waals surface area contributed by atoms with E-state index in [1.165, 1.54) is 12.0 Å². The Labute approximate surface area is 116 Å². The van der Waals surface area contributed by atoms with Gasteiger partial charge in [0, 0.05) is 24.8 Å². The number of nitrogens with zero attached hydrogens (tertiary/aromatic N) is 1. The number of hydrogen-bond donors (Lipinski definition) is 1. The Morgan fingerprint density at radius 1 is 1.26 bits per heavy atom. The van der Waals surface area contributed by atoms with Gasteiger partial charge in [-0.05, 0) is 44.7 Å². The van der Waals surface area contributed by atoms with Crippen molar-refractivity contribution in [3.05, 3.63) is 23.4 Å². The van der Waals surface area contributed by atoms with E-state index < -0.39 is 0 Å². The Morgan fingerprint density at radius 3 is 2.68 bits per heavy atom. The molecule has 0 unspecified atom stereocenters. The molecule has 0 aliphatic carbocycles. The predicted molar refractivity (Wildman–Crippen MR) is 79.8 cm³/mol. The van der Waals surface area contributed by atoms with Crippen molar-refractivity contribution in [1.82, 2.24) is 4.98 Å². The Morgan fingerprint density at radius 2 is 2.00 bits per heavy atom. The van der Waals surface area contributed by atoms with Crippen LogP contribution in [-0.4, -0.2) is 24.2 Å². The normalized spacial score (nSPS) is 15.8.